The Balaban J connectivity index is 1.74. The van der Waals surface area contributed by atoms with Gasteiger partial charge in [-0.15, -0.1) is 0 Å². The van der Waals surface area contributed by atoms with E-state index in [1.165, 1.54) is 51.3 Å². The number of benzene rings is 1. The number of halogens is 1. The lowest BCUT2D eigenvalue weighted by atomic mass is 9.86. The lowest BCUT2D eigenvalue weighted by molar-refractivity contribution is -0.121. The third-order valence-corrected chi connectivity index (χ3v) is 6.54. The van der Waals surface area contributed by atoms with Crippen molar-refractivity contribution in [3.63, 3.8) is 0 Å². The molecule has 0 spiro atoms. The summed E-state index contributed by atoms with van der Waals surface area (Å²) >= 11 is 0. The minimum Gasteiger partial charge on any atom is -0.355 e. The maximum atomic E-state index is 12.9. The molecule has 0 bridgehead atoms. The van der Waals surface area contributed by atoms with Crippen LogP contribution in [-0.4, -0.2) is 38.8 Å². The normalized spacial score (nSPS) is 16.1. The van der Waals surface area contributed by atoms with Gasteiger partial charge in [0.2, 0.25) is 15.9 Å². The fourth-order valence-corrected chi connectivity index (χ4v) is 4.35. The van der Waals surface area contributed by atoms with Crippen LogP contribution in [0.1, 0.15) is 44.9 Å². The van der Waals surface area contributed by atoms with Crippen molar-refractivity contribution < 1.29 is 17.6 Å². The Labute approximate surface area is 149 Å². The molecule has 1 amide bonds. The van der Waals surface area contributed by atoms with Gasteiger partial charge in [-0.05, 0) is 43.0 Å². The second-order valence-corrected chi connectivity index (χ2v) is 8.76. The molecule has 1 N–H and O–H groups in total. The van der Waals surface area contributed by atoms with Crippen LogP contribution in [0.5, 0.6) is 0 Å². The summed E-state index contributed by atoms with van der Waals surface area (Å²) in [7, 11) is -2.45. The van der Waals surface area contributed by atoms with Crippen molar-refractivity contribution in [1.29, 1.82) is 0 Å². The van der Waals surface area contributed by atoms with Crippen LogP contribution in [0, 0.1) is 11.7 Å². The van der Waals surface area contributed by atoms with Gasteiger partial charge in [0, 0.05) is 13.6 Å². The van der Waals surface area contributed by atoms with Gasteiger partial charge in [0.1, 0.15) is 5.82 Å². The van der Waals surface area contributed by atoms with E-state index in [0.717, 1.165) is 35.2 Å². The zero-order chi connectivity index (χ0) is 18.3. The smallest absolute Gasteiger partial charge is 0.243 e. The highest BCUT2D eigenvalue weighted by molar-refractivity contribution is 7.89. The van der Waals surface area contributed by atoms with E-state index in [1.54, 1.807) is 0 Å². The molecule has 1 aliphatic carbocycles. The SMILES string of the molecule is CN(CC(=O)NCCCC1CCCCC1)S(=O)(=O)c1ccc(F)cc1. The molecular formula is C18H27FN2O3S. The summed E-state index contributed by atoms with van der Waals surface area (Å²) in [5.41, 5.74) is 0. The Morgan fingerprint density at radius 3 is 2.48 bits per heavy atom. The average Bonchev–Trinajstić information content (AvgIpc) is 2.60. The number of nitrogens with zero attached hydrogens (tertiary/aromatic N) is 1. The molecule has 5 nitrogen and oxygen atoms in total. The van der Waals surface area contributed by atoms with Crippen LogP contribution in [0.3, 0.4) is 0 Å². The van der Waals surface area contributed by atoms with Crippen LogP contribution < -0.4 is 5.32 Å². The number of likely N-dealkylation sites (N-methyl/N-ethyl adjacent to an activating group) is 1. The molecule has 0 radical (unpaired) electrons. The summed E-state index contributed by atoms with van der Waals surface area (Å²) < 4.78 is 38.6. The molecule has 2 rings (SSSR count). The third kappa shape index (κ3) is 6.08. The first-order valence-electron chi connectivity index (χ1n) is 8.88. The highest BCUT2D eigenvalue weighted by Crippen LogP contribution is 2.26. The topological polar surface area (TPSA) is 66.5 Å². The fraction of sp³-hybridized carbons (Fsp3) is 0.611. The molecule has 1 aromatic carbocycles. The van der Waals surface area contributed by atoms with E-state index in [9.17, 15) is 17.6 Å². The van der Waals surface area contributed by atoms with Crippen molar-refractivity contribution >= 4 is 15.9 Å². The summed E-state index contributed by atoms with van der Waals surface area (Å²) in [4.78, 5) is 11.9. The van der Waals surface area contributed by atoms with Gasteiger partial charge in [-0.2, -0.15) is 4.31 Å². The van der Waals surface area contributed by atoms with Gasteiger partial charge >= 0.3 is 0 Å². The minimum absolute atomic E-state index is 0.0264. The molecule has 1 saturated carbocycles. The number of sulfonamides is 1. The standard InChI is InChI=1S/C18H27FN2O3S/c1-21(25(23,24)17-11-9-16(19)10-12-17)14-18(22)20-13-5-8-15-6-3-2-4-7-15/h9-12,15H,2-8,13-14H2,1H3,(H,20,22). The third-order valence-electron chi connectivity index (χ3n) is 4.72. The number of carbonyl (C=O) groups is 1. The Morgan fingerprint density at radius 1 is 1.20 bits per heavy atom. The van der Waals surface area contributed by atoms with Gasteiger partial charge in [-0.25, -0.2) is 12.8 Å². The van der Waals surface area contributed by atoms with Crippen LogP contribution in [-0.2, 0) is 14.8 Å². The van der Waals surface area contributed by atoms with Gasteiger partial charge in [-0.1, -0.05) is 32.1 Å². The van der Waals surface area contributed by atoms with Crippen LogP contribution >= 0.6 is 0 Å². The van der Waals surface area contributed by atoms with Crippen molar-refractivity contribution in [2.45, 2.75) is 49.8 Å². The molecular weight excluding hydrogens is 343 g/mol. The van der Waals surface area contributed by atoms with Crippen molar-refractivity contribution in [2.24, 2.45) is 5.92 Å². The number of carbonyl (C=O) groups excluding carboxylic acids is 1. The van der Waals surface area contributed by atoms with E-state index in [2.05, 4.69) is 5.32 Å². The molecule has 1 aromatic rings. The molecule has 7 heteroatoms. The molecule has 0 heterocycles. The predicted octanol–water partition coefficient (Wildman–Crippen LogP) is 2.92. The number of amides is 1. The fourth-order valence-electron chi connectivity index (χ4n) is 3.22. The van der Waals surface area contributed by atoms with E-state index in [-0.39, 0.29) is 17.3 Å². The second-order valence-electron chi connectivity index (χ2n) is 6.71. The number of rotatable bonds is 8. The largest absolute Gasteiger partial charge is 0.355 e. The van der Waals surface area contributed by atoms with E-state index in [1.807, 2.05) is 0 Å². The van der Waals surface area contributed by atoms with E-state index < -0.39 is 15.8 Å². The molecule has 25 heavy (non-hydrogen) atoms. The van der Waals surface area contributed by atoms with Gasteiger partial charge in [0.25, 0.3) is 0 Å². The predicted molar refractivity (Wildman–Crippen MR) is 95.0 cm³/mol. The van der Waals surface area contributed by atoms with Crippen LogP contribution in [0.25, 0.3) is 0 Å². The Kier molecular flexibility index (Phi) is 7.38. The number of nitrogens with one attached hydrogen (secondary N) is 1. The first-order chi connectivity index (χ1) is 11.9. The van der Waals surface area contributed by atoms with Crippen molar-refractivity contribution in [3.05, 3.63) is 30.1 Å². The maximum Gasteiger partial charge on any atom is 0.243 e. The Bertz CT molecular complexity index is 655. The van der Waals surface area contributed by atoms with E-state index in [4.69, 9.17) is 0 Å². The van der Waals surface area contributed by atoms with Crippen LogP contribution in [0.4, 0.5) is 4.39 Å². The average molecular weight is 370 g/mol. The van der Waals surface area contributed by atoms with Gasteiger partial charge in [-0.3, -0.25) is 4.79 Å². The molecule has 0 aromatic heterocycles. The zero-order valence-corrected chi connectivity index (χ0v) is 15.5. The highest BCUT2D eigenvalue weighted by atomic mass is 32.2. The van der Waals surface area contributed by atoms with Gasteiger partial charge in [0.05, 0.1) is 11.4 Å². The van der Waals surface area contributed by atoms with Gasteiger partial charge in [0.15, 0.2) is 0 Å². The minimum atomic E-state index is -3.79. The summed E-state index contributed by atoms with van der Waals surface area (Å²) in [6, 6.07) is 4.57. The van der Waals surface area contributed by atoms with Crippen molar-refractivity contribution in [1.82, 2.24) is 9.62 Å². The van der Waals surface area contributed by atoms with E-state index >= 15 is 0 Å². The first kappa shape index (κ1) is 19.8. The van der Waals surface area contributed by atoms with E-state index in [0.29, 0.717) is 6.54 Å². The summed E-state index contributed by atoms with van der Waals surface area (Å²) in [6.45, 7) is 0.322. The maximum absolute atomic E-state index is 12.9. The monoisotopic (exact) mass is 370 g/mol. The lowest BCUT2D eigenvalue weighted by Gasteiger charge is -2.21. The second kappa shape index (κ2) is 9.29. The summed E-state index contributed by atoms with van der Waals surface area (Å²) in [5, 5.41) is 2.78. The quantitative estimate of drug-likeness (QED) is 0.716. The van der Waals surface area contributed by atoms with Crippen LogP contribution in [0.15, 0.2) is 29.2 Å². The first-order valence-corrected chi connectivity index (χ1v) is 10.3. The zero-order valence-electron chi connectivity index (χ0n) is 14.7. The highest BCUT2D eigenvalue weighted by Gasteiger charge is 2.22. The molecule has 1 fully saturated rings. The molecule has 0 unspecified atom stereocenters. The molecule has 140 valence electrons. The van der Waals surface area contributed by atoms with Gasteiger partial charge < -0.3 is 5.32 Å². The Hall–Kier alpha value is -1.47. The number of hydrogen-bond donors (Lipinski definition) is 1. The van der Waals surface area contributed by atoms with Crippen molar-refractivity contribution in [2.75, 3.05) is 20.1 Å². The molecule has 0 saturated heterocycles. The molecule has 0 atom stereocenters. The van der Waals surface area contributed by atoms with Crippen LogP contribution in [0.2, 0.25) is 0 Å². The number of hydrogen-bond acceptors (Lipinski definition) is 3. The molecule has 0 aliphatic heterocycles. The molecule has 1 aliphatic rings. The Morgan fingerprint density at radius 2 is 1.84 bits per heavy atom. The summed E-state index contributed by atoms with van der Waals surface area (Å²) in [5.74, 6) is -0.0543. The van der Waals surface area contributed by atoms with Crippen molar-refractivity contribution in [3.8, 4) is 0 Å². The summed E-state index contributed by atoms with van der Waals surface area (Å²) in [6.07, 6.45) is 8.56. The lowest BCUT2D eigenvalue weighted by Crippen LogP contribution is -2.38.